The quantitative estimate of drug-likeness (QED) is 0.661. The normalized spacial score (nSPS) is 12.1. The summed E-state index contributed by atoms with van der Waals surface area (Å²) in [6.45, 7) is 7.75. The Labute approximate surface area is 110 Å². The number of nitrogens with two attached hydrogens (primary N) is 1. The third-order valence-electron chi connectivity index (χ3n) is 2.12. The lowest BCUT2D eigenvalue weighted by atomic mass is 10.2. The van der Waals surface area contributed by atoms with E-state index in [1.165, 1.54) is 6.42 Å². The smallest absolute Gasteiger partial charge is 0.230 e. The van der Waals surface area contributed by atoms with Gasteiger partial charge in [-0.3, -0.25) is 4.79 Å². The lowest BCUT2D eigenvalue weighted by Gasteiger charge is -2.10. The van der Waals surface area contributed by atoms with Crippen LogP contribution < -0.4 is 11.1 Å². The number of rotatable bonds is 8. The van der Waals surface area contributed by atoms with Crippen LogP contribution in [0.2, 0.25) is 0 Å². The molecule has 0 aromatic carbocycles. The predicted molar refractivity (Wildman–Crippen MR) is 75.3 cm³/mol. The second-order valence-electron chi connectivity index (χ2n) is 4.38. The van der Waals surface area contributed by atoms with Gasteiger partial charge in [-0.25, -0.2) is 0 Å². The van der Waals surface area contributed by atoms with Gasteiger partial charge < -0.3 is 11.1 Å². The summed E-state index contributed by atoms with van der Waals surface area (Å²) in [6.07, 6.45) is 1.18. The Bertz CT molecular complexity index is 179. The minimum absolute atomic E-state index is 0. The highest BCUT2D eigenvalue weighted by Gasteiger charge is 2.04. The first kappa shape index (κ1) is 18.4. The van der Waals surface area contributed by atoms with Gasteiger partial charge >= 0.3 is 0 Å². The van der Waals surface area contributed by atoms with Gasteiger partial charge in [0.15, 0.2) is 0 Å². The fourth-order valence-corrected chi connectivity index (χ4v) is 1.98. The van der Waals surface area contributed by atoms with Gasteiger partial charge in [-0.2, -0.15) is 11.8 Å². The van der Waals surface area contributed by atoms with Crippen molar-refractivity contribution >= 4 is 30.1 Å². The number of halogens is 1. The standard InChI is InChI=1S/C11H24N2OS.ClH/c1-9(2)4-5-15-8-11(14)13-7-10(3)6-12;/h9-10H,4-8,12H2,1-3H3,(H,13,14);1H. The van der Waals surface area contributed by atoms with Crippen LogP contribution in [-0.2, 0) is 4.79 Å². The number of thioether (sulfide) groups is 1. The van der Waals surface area contributed by atoms with Crippen LogP contribution in [0.4, 0.5) is 0 Å². The van der Waals surface area contributed by atoms with Crippen molar-refractivity contribution in [1.29, 1.82) is 0 Å². The van der Waals surface area contributed by atoms with Crippen molar-refractivity contribution in [3.8, 4) is 0 Å². The van der Waals surface area contributed by atoms with Crippen LogP contribution in [0.3, 0.4) is 0 Å². The zero-order valence-electron chi connectivity index (χ0n) is 10.5. The average Bonchev–Trinajstić information content (AvgIpc) is 2.20. The average molecular weight is 269 g/mol. The molecule has 1 amide bonds. The Morgan fingerprint density at radius 2 is 2.00 bits per heavy atom. The number of hydrogen-bond donors (Lipinski definition) is 2. The Morgan fingerprint density at radius 1 is 1.38 bits per heavy atom. The maximum absolute atomic E-state index is 11.3. The molecule has 5 heteroatoms. The Balaban J connectivity index is 0. The molecule has 98 valence electrons. The van der Waals surface area contributed by atoms with E-state index in [1.54, 1.807) is 11.8 Å². The van der Waals surface area contributed by atoms with Crippen LogP contribution >= 0.6 is 24.2 Å². The molecule has 0 aromatic rings. The predicted octanol–water partition coefficient (Wildman–Crippen LogP) is 1.90. The monoisotopic (exact) mass is 268 g/mol. The zero-order chi connectivity index (χ0) is 11.7. The lowest BCUT2D eigenvalue weighted by molar-refractivity contribution is -0.118. The summed E-state index contributed by atoms with van der Waals surface area (Å²) in [7, 11) is 0. The van der Waals surface area contributed by atoms with E-state index in [2.05, 4.69) is 19.2 Å². The summed E-state index contributed by atoms with van der Waals surface area (Å²) < 4.78 is 0. The molecule has 0 aromatic heterocycles. The highest BCUT2D eigenvalue weighted by Crippen LogP contribution is 2.08. The largest absolute Gasteiger partial charge is 0.355 e. The first-order valence-corrected chi connectivity index (χ1v) is 6.76. The fraction of sp³-hybridized carbons (Fsp3) is 0.909. The van der Waals surface area contributed by atoms with Crippen molar-refractivity contribution in [3.63, 3.8) is 0 Å². The lowest BCUT2D eigenvalue weighted by Crippen LogP contribution is -2.32. The summed E-state index contributed by atoms with van der Waals surface area (Å²) in [4.78, 5) is 11.3. The van der Waals surface area contributed by atoms with Gasteiger partial charge in [0.1, 0.15) is 0 Å². The van der Waals surface area contributed by atoms with Crippen LogP contribution in [0.1, 0.15) is 27.2 Å². The first-order chi connectivity index (χ1) is 7.06. The third-order valence-corrected chi connectivity index (χ3v) is 3.11. The molecule has 16 heavy (non-hydrogen) atoms. The molecule has 0 aliphatic heterocycles. The van der Waals surface area contributed by atoms with Gasteiger partial charge in [-0.1, -0.05) is 20.8 Å². The molecule has 0 spiro atoms. The van der Waals surface area contributed by atoms with E-state index < -0.39 is 0 Å². The molecule has 3 N–H and O–H groups in total. The van der Waals surface area contributed by atoms with Gasteiger partial charge in [0, 0.05) is 6.54 Å². The van der Waals surface area contributed by atoms with Gasteiger partial charge in [0.25, 0.3) is 0 Å². The molecule has 0 saturated heterocycles. The first-order valence-electron chi connectivity index (χ1n) is 5.60. The van der Waals surface area contributed by atoms with Gasteiger partial charge in [0.05, 0.1) is 5.75 Å². The highest BCUT2D eigenvalue weighted by molar-refractivity contribution is 7.99. The number of nitrogens with one attached hydrogen (secondary N) is 1. The molecular weight excluding hydrogens is 244 g/mol. The van der Waals surface area contributed by atoms with Crippen molar-refractivity contribution in [2.45, 2.75) is 27.2 Å². The molecule has 1 unspecified atom stereocenters. The summed E-state index contributed by atoms with van der Waals surface area (Å²) in [6, 6.07) is 0. The molecule has 0 rings (SSSR count). The van der Waals surface area contributed by atoms with Gasteiger partial charge in [-0.15, -0.1) is 12.4 Å². The molecule has 0 aliphatic carbocycles. The van der Waals surface area contributed by atoms with Crippen LogP contribution in [0.25, 0.3) is 0 Å². The number of amides is 1. The highest BCUT2D eigenvalue weighted by atomic mass is 35.5. The van der Waals surface area contributed by atoms with E-state index in [-0.39, 0.29) is 18.3 Å². The molecule has 0 fully saturated rings. The Kier molecular flexibility index (Phi) is 13.3. The fourth-order valence-electron chi connectivity index (χ4n) is 0.906. The van der Waals surface area contributed by atoms with E-state index in [0.717, 1.165) is 11.7 Å². The number of hydrogen-bond acceptors (Lipinski definition) is 3. The summed E-state index contributed by atoms with van der Waals surface area (Å²) >= 11 is 1.71. The van der Waals surface area contributed by atoms with Gasteiger partial charge in [0.2, 0.25) is 5.91 Å². The maximum Gasteiger partial charge on any atom is 0.230 e. The summed E-state index contributed by atoms with van der Waals surface area (Å²) in [5, 5.41) is 2.88. The van der Waals surface area contributed by atoms with Crippen molar-refractivity contribution in [1.82, 2.24) is 5.32 Å². The SMILES string of the molecule is CC(C)CCSCC(=O)NCC(C)CN.Cl. The zero-order valence-corrected chi connectivity index (χ0v) is 12.1. The topological polar surface area (TPSA) is 55.1 Å². The third kappa shape index (κ3) is 12.1. The van der Waals surface area contributed by atoms with Crippen LogP contribution in [0, 0.1) is 11.8 Å². The van der Waals surface area contributed by atoms with Crippen molar-refractivity contribution in [3.05, 3.63) is 0 Å². The van der Waals surface area contributed by atoms with Crippen LogP contribution in [0.5, 0.6) is 0 Å². The van der Waals surface area contributed by atoms with E-state index in [0.29, 0.717) is 24.8 Å². The van der Waals surface area contributed by atoms with E-state index in [4.69, 9.17) is 5.73 Å². The van der Waals surface area contributed by atoms with Crippen molar-refractivity contribution in [2.75, 3.05) is 24.6 Å². The summed E-state index contributed by atoms with van der Waals surface area (Å²) in [5.74, 6) is 2.86. The number of carbonyl (C=O) groups is 1. The van der Waals surface area contributed by atoms with Crippen molar-refractivity contribution < 1.29 is 4.79 Å². The van der Waals surface area contributed by atoms with Crippen molar-refractivity contribution in [2.24, 2.45) is 17.6 Å². The van der Waals surface area contributed by atoms with Gasteiger partial charge in [-0.05, 0) is 30.6 Å². The van der Waals surface area contributed by atoms with E-state index in [9.17, 15) is 4.79 Å². The maximum atomic E-state index is 11.3. The minimum atomic E-state index is 0. The minimum Gasteiger partial charge on any atom is -0.355 e. The summed E-state index contributed by atoms with van der Waals surface area (Å²) in [5.41, 5.74) is 5.46. The van der Waals surface area contributed by atoms with E-state index >= 15 is 0 Å². The molecule has 3 nitrogen and oxygen atoms in total. The van der Waals surface area contributed by atoms with E-state index in [1.807, 2.05) is 6.92 Å². The second-order valence-corrected chi connectivity index (χ2v) is 5.49. The van der Waals surface area contributed by atoms with Crippen LogP contribution in [0.15, 0.2) is 0 Å². The molecule has 0 saturated carbocycles. The van der Waals surface area contributed by atoms with Crippen LogP contribution in [-0.4, -0.2) is 30.5 Å². The molecule has 0 aliphatic rings. The molecule has 0 bridgehead atoms. The number of carbonyl (C=O) groups excluding carboxylic acids is 1. The Morgan fingerprint density at radius 3 is 2.50 bits per heavy atom. The molecule has 0 heterocycles. The molecule has 1 atom stereocenters. The second kappa shape index (κ2) is 11.6. The Hall–Kier alpha value is 0.0700. The molecular formula is C11H25ClN2OS. The molecule has 0 radical (unpaired) electrons.